The van der Waals surface area contributed by atoms with Crippen molar-refractivity contribution < 1.29 is 33.7 Å². The summed E-state index contributed by atoms with van der Waals surface area (Å²) in [4.78, 5) is 38.1. The molecule has 0 bridgehead atoms. The molecule has 0 unspecified atom stereocenters. The third-order valence-electron chi connectivity index (χ3n) is 10.8. The second-order valence-corrected chi connectivity index (χ2v) is 16.1. The van der Waals surface area contributed by atoms with Gasteiger partial charge in [0.1, 0.15) is 0 Å². The summed E-state index contributed by atoms with van der Waals surface area (Å²) in [6, 6.07) is 0. The van der Waals surface area contributed by atoms with Crippen LogP contribution in [0.15, 0.2) is 0 Å². The lowest BCUT2D eigenvalue weighted by atomic mass is 10.1. The van der Waals surface area contributed by atoms with Crippen LogP contribution < -0.4 is 0 Å². The Morgan fingerprint density at radius 2 is 0.554 bits per heavy atom. The summed E-state index contributed by atoms with van der Waals surface area (Å²) in [5.41, 5.74) is 0. The Hall–Kier alpha value is -1.71. The number of carbonyl (C=O) groups excluding carboxylic acids is 3. The summed E-state index contributed by atoms with van der Waals surface area (Å²) in [5.74, 6) is -0.806. The molecule has 0 amide bonds. The molecule has 0 aromatic heterocycles. The van der Waals surface area contributed by atoms with E-state index < -0.39 is 0 Å². The first-order valence-electron chi connectivity index (χ1n) is 24.1. The summed E-state index contributed by atoms with van der Waals surface area (Å²) in [6.45, 7) is 9.17. The van der Waals surface area contributed by atoms with Crippen molar-refractivity contribution >= 4 is 17.9 Å². The van der Waals surface area contributed by atoms with E-state index in [0.29, 0.717) is 39.5 Å². The Morgan fingerprint density at radius 3 is 0.786 bits per heavy atom. The minimum Gasteiger partial charge on any atom is -0.466 e. The molecule has 0 rings (SSSR count). The maximum atomic E-state index is 12.7. The number of aliphatic hydroxyl groups is 1. The van der Waals surface area contributed by atoms with Crippen LogP contribution in [-0.4, -0.2) is 85.6 Å². The molecule has 0 aliphatic rings. The first-order chi connectivity index (χ1) is 27.5. The maximum Gasteiger partial charge on any atom is 0.307 e. The molecule has 0 saturated heterocycles. The van der Waals surface area contributed by atoms with Crippen LogP contribution in [0.4, 0.5) is 0 Å². The Balaban J connectivity index is 4.68. The van der Waals surface area contributed by atoms with Gasteiger partial charge >= 0.3 is 17.9 Å². The quantitative estimate of drug-likeness (QED) is 0.0279. The highest BCUT2D eigenvalue weighted by Crippen LogP contribution is 2.14. The fourth-order valence-corrected chi connectivity index (χ4v) is 7.11. The molecule has 1 N–H and O–H groups in total. The Labute approximate surface area is 346 Å². The summed E-state index contributed by atoms with van der Waals surface area (Å²) < 4.78 is 16.6. The van der Waals surface area contributed by atoms with E-state index in [1.807, 2.05) is 10.0 Å². The zero-order valence-electron chi connectivity index (χ0n) is 37.3. The van der Waals surface area contributed by atoms with Crippen LogP contribution in [0.3, 0.4) is 0 Å². The monoisotopic (exact) mass is 797 g/mol. The molecule has 332 valence electrons. The van der Waals surface area contributed by atoms with Gasteiger partial charge in [-0.05, 0) is 19.3 Å². The van der Waals surface area contributed by atoms with Crippen LogP contribution in [0.1, 0.15) is 233 Å². The van der Waals surface area contributed by atoms with E-state index in [4.69, 9.17) is 14.2 Å². The van der Waals surface area contributed by atoms with E-state index in [0.717, 1.165) is 38.5 Å². The van der Waals surface area contributed by atoms with E-state index in [-0.39, 0.29) is 50.3 Å². The number of nitrogens with zero attached hydrogens (tertiary/aromatic N) is 2. The van der Waals surface area contributed by atoms with Gasteiger partial charge in [-0.25, -0.2) is 10.0 Å². The van der Waals surface area contributed by atoms with Crippen molar-refractivity contribution in [3.8, 4) is 0 Å². The van der Waals surface area contributed by atoms with Gasteiger partial charge in [0, 0.05) is 26.2 Å². The van der Waals surface area contributed by atoms with E-state index in [1.165, 1.54) is 154 Å². The third kappa shape index (κ3) is 39.1. The fourth-order valence-electron chi connectivity index (χ4n) is 7.11. The van der Waals surface area contributed by atoms with Gasteiger partial charge in [0.2, 0.25) is 0 Å². The Morgan fingerprint density at radius 1 is 0.339 bits per heavy atom. The van der Waals surface area contributed by atoms with E-state index in [2.05, 4.69) is 20.8 Å². The van der Waals surface area contributed by atoms with Crippen molar-refractivity contribution in [1.82, 2.24) is 10.0 Å². The maximum absolute atomic E-state index is 12.7. The van der Waals surface area contributed by atoms with Crippen molar-refractivity contribution in [3.05, 3.63) is 0 Å². The molecular formula is C47H92N2O7. The zero-order valence-corrected chi connectivity index (χ0v) is 37.3. The smallest absolute Gasteiger partial charge is 0.307 e. The molecule has 9 nitrogen and oxygen atoms in total. The summed E-state index contributed by atoms with van der Waals surface area (Å²) in [7, 11) is 0. The highest BCUT2D eigenvalue weighted by Gasteiger charge is 2.20. The lowest BCUT2D eigenvalue weighted by Gasteiger charge is -2.34. The van der Waals surface area contributed by atoms with E-state index in [1.54, 1.807) is 0 Å². The summed E-state index contributed by atoms with van der Waals surface area (Å²) in [5, 5.41) is 13.7. The van der Waals surface area contributed by atoms with Gasteiger partial charge in [-0.2, -0.15) is 0 Å². The minimum atomic E-state index is -0.269. The molecule has 0 fully saturated rings. The van der Waals surface area contributed by atoms with Gasteiger partial charge in [0.25, 0.3) is 0 Å². The van der Waals surface area contributed by atoms with Crippen molar-refractivity contribution in [2.45, 2.75) is 233 Å². The first kappa shape index (κ1) is 54.3. The molecule has 9 heteroatoms. The zero-order chi connectivity index (χ0) is 41.0. The van der Waals surface area contributed by atoms with E-state index >= 15 is 0 Å². The molecule has 0 aliphatic heterocycles. The molecule has 0 aromatic carbocycles. The average Bonchev–Trinajstić information content (AvgIpc) is 3.19. The second kappa shape index (κ2) is 44.4. The molecule has 0 atom stereocenters. The fraction of sp³-hybridized carbons (Fsp3) is 0.936. The second-order valence-electron chi connectivity index (χ2n) is 16.1. The summed E-state index contributed by atoms with van der Waals surface area (Å²) >= 11 is 0. The molecule has 0 aromatic rings. The third-order valence-corrected chi connectivity index (χ3v) is 10.8. The lowest BCUT2D eigenvalue weighted by Crippen LogP contribution is -2.47. The lowest BCUT2D eigenvalue weighted by molar-refractivity contribution is -0.150. The van der Waals surface area contributed by atoms with E-state index in [9.17, 15) is 19.5 Å². The number of unbranched alkanes of at least 4 members (excludes halogenated alkanes) is 27. The van der Waals surface area contributed by atoms with Crippen molar-refractivity contribution in [1.29, 1.82) is 0 Å². The molecule has 0 aliphatic carbocycles. The number of esters is 3. The van der Waals surface area contributed by atoms with Crippen LogP contribution in [0, 0.1) is 0 Å². The molecule has 56 heavy (non-hydrogen) atoms. The molecule has 0 radical (unpaired) electrons. The van der Waals surface area contributed by atoms with Gasteiger partial charge in [0.15, 0.2) is 0 Å². The topological polar surface area (TPSA) is 106 Å². The van der Waals surface area contributed by atoms with Gasteiger partial charge < -0.3 is 19.3 Å². The molecular weight excluding hydrogens is 705 g/mol. The Bertz CT molecular complexity index is 816. The van der Waals surface area contributed by atoms with Crippen LogP contribution in [-0.2, 0) is 28.6 Å². The molecule has 0 heterocycles. The highest BCUT2D eigenvalue weighted by atomic mass is 16.5. The number of ether oxygens (including phenoxy) is 3. The standard InChI is InChI=1S/C47H92N2O7/c1-4-7-10-13-16-19-22-25-28-31-42-54-45(51)34-37-48(38-35-46(52)55-43-32-29-26-23-20-17-14-11-8-5-2)49(40-41-50)39-36-47(53)56-44-33-30-27-24-21-18-15-12-9-6-3/h50H,4-44H2,1-3H3. The van der Waals surface area contributed by atoms with Gasteiger partial charge in [-0.3, -0.25) is 14.4 Å². The average molecular weight is 797 g/mol. The van der Waals surface area contributed by atoms with Crippen molar-refractivity contribution in [3.63, 3.8) is 0 Å². The normalized spacial score (nSPS) is 11.5. The number of hydrogen-bond acceptors (Lipinski definition) is 9. The molecule has 0 spiro atoms. The molecule has 0 saturated carbocycles. The van der Waals surface area contributed by atoms with Crippen LogP contribution >= 0.6 is 0 Å². The van der Waals surface area contributed by atoms with Crippen LogP contribution in [0.5, 0.6) is 0 Å². The highest BCUT2D eigenvalue weighted by molar-refractivity contribution is 5.70. The number of rotatable bonds is 45. The number of hydrogen-bond donors (Lipinski definition) is 1. The van der Waals surface area contributed by atoms with Crippen LogP contribution in [0.2, 0.25) is 0 Å². The number of hydrazine groups is 1. The Kier molecular flexibility index (Phi) is 43.0. The first-order valence-corrected chi connectivity index (χ1v) is 24.1. The van der Waals surface area contributed by atoms with Gasteiger partial charge in [-0.1, -0.05) is 194 Å². The number of carbonyl (C=O) groups is 3. The van der Waals surface area contributed by atoms with Gasteiger partial charge in [0.05, 0.1) is 45.7 Å². The van der Waals surface area contributed by atoms with Crippen LogP contribution in [0.25, 0.3) is 0 Å². The SMILES string of the molecule is CCCCCCCCCCCCOC(=O)CCN(CCO)N(CCC(=O)OCCCCCCCCCCCC)CCC(=O)OCCCCCCCCCCCC. The van der Waals surface area contributed by atoms with Gasteiger partial charge in [-0.15, -0.1) is 0 Å². The predicted molar refractivity (Wildman–Crippen MR) is 232 cm³/mol. The van der Waals surface area contributed by atoms with Crippen molar-refractivity contribution in [2.75, 3.05) is 52.6 Å². The summed E-state index contributed by atoms with van der Waals surface area (Å²) in [6.07, 6.45) is 37.2. The predicted octanol–water partition coefficient (Wildman–Crippen LogP) is 12.1. The van der Waals surface area contributed by atoms with Crippen molar-refractivity contribution in [2.24, 2.45) is 0 Å². The minimum absolute atomic E-state index is 0.115. The number of aliphatic hydroxyl groups excluding tert-OH is 1. The largest absolute Gasteiger partial charge is 0.466 e.